The molecule has 104 valence electrons. The highest BCUT2D eigenvalue weighted by Crippen LogP contribution is 2.34. The molecule has 1 aliphatic heterocycles. The van der Waals surface area contributed by atoms with E-state index < -0.39 is 4.92 Å². The van der Waals surface area contributed by atoms with Crippen LogP contribution in [0.5, 0.6) is 0 Å². The first-order valence-electron chi connectivity index (χ1n) is 6.27. The van der Waals surface area contributed by atoms with Gasteiger partial charge in [-0.3, -0.25) is 10.1 Å². The third-order valence-electron chi connectivity index (χ3n) is 3.72. The van der Waals surface area contributed by atoms with E-state index in [1.54, 1.807) is 6.07 Å². The summed E-state index contributed by atoms with van der Waals surface area (Å²) in [6.45, 7) is 5.21. The molecule has 0 aliphatic carbocycles. The molecule has 19 heavy (non-hydrogen) atoms. The highest BCUT2D eigenvalue weighted by atomic mass is 35.5. The van der Waals surface area contributed by atoms with Gasteiger partial charge in [-0.05, 0) is 30.9 Å². The standard InChI is InChI=1S/C13H17ClN2O3/c1-8-3-4-15(7-13(8)17)11-6-10(14)12(16(18)19)5-9(11)2/h5-6,8,13,17H,3-4,7H2,1-2H3. The molecule has 1 saturated heterocycles. The zero-order chi connectivity index (χ0) is 14.2. The summed E-state index contributed by atoms with van der Waals surface area (Å²) in [5, 5.41) is 20.9. The summed E-state index contributed by atoms with van der Waals surface area (Å²) < 4.78 is 0. The van der Waals surface area contributed by atoms with E-state index in [0.717, 1.165) is 24.2 Å². The maximum absolute atomic E-state index is 10.8. The van der Waals surface area contributed by atoms with Gasteiger partial charge in [-0.15, -0.1) is 0 Å². The first-order valence-corrected chi connectivity index (χ1v) is 6.65. The van der Waals surface area contributed by atoms with Crippen LogP contribution in [0.2, 0.25) is 5.02 Å². The lowest BCUT2D eigenvalue weighted by Gasteiger charge is -2.36. The summed E-state index contributed by atoms with van der Waals surface area (Å²) in [5.74, 6) is 0.282. The minimum Gasteiger partial charge on any atom is -0.391 e. The normalized spacial score (nSPS) is 23.5. The van der Waals surface area contributed by atoms with Crippen LogP contribution >= 0.6 is 11.6 Å². The second-order valence-electron chi connectivity index (χ2n) is 5.13. The van der Waals surface area contributed by atoms with Crippen molar-refractivity contribution in [2.45, 2.75) is 26.4 Å². The maximum atomic E-state index is 10.8. The molecular formula is C13H17ClN2O3. The summed E-state index contributed by atoms with van der Waals surface area (Å²) in [7, 11) is 0. The average molecular weight is 285 g/mol. The molecule has 1 heterocycles. The SMILES string of the molecule is Cc1cc([N+](=O)[O-])c(Cl)cc1N1CCC(C)C(O)C1. The van der Waals surface area contributed by atoms with Crippen molar-refractivity contribution in [2.24, 2.45) is 5.92 Å². The maximum Gasteiger partial charge on any atom is 0.288 e. The highest BCUT2D eigenvalue weighted by molar-refractivity contribution is 6.33. The second kappa shape index (κ2) is 5.35. The highest BCUT2D eigenvalue weighted by Gasteiger charge is 2.26. The van der Waals surface area contributed by atoms with Gasteiger partial charge in [0.05, 0.1) is 11.0 Å². The Labute approximate surface area is 116 Å². The molecule has 6 heteroatoms. The van der Waals surface area contributed by atoms with Crippen LogP contribution in [-0.4, -0.2) is 29.2 Å². The van der Waals surface area contributed by atoms with E-state index in [2.05, 4.69) is 0 Å². The third-order valence-corrected chi connectivity index (χ3v) is 4.02. The molecule has 0 saturated carbocycles. The number of anilines is 1. The van der Waals surface area contributed by atoms with Crippen LogP contribution in [0.25, 0.3) is 0 Å². The smallest absolute Gasteiger partial charge is 0.288 e. The van der Waals surface area contributed by atoms with Crippen molar-refractivity contribution < 1.29 is 10.0 Å². The molecule has 1 aromatic carbocycles. The van der Waals surface area contributed by atoms with Gasteiger partial charge < -0.3 is 10.0 Å². The fraction of sp³-hybridized carbons (Fsp3) is 0.538. The molecule has 0 amide bonds. The van der Waals surface area contributed by atoms with Gasteiger partial charge in [0, 0.05) is 24.8 Å². The van der Waals surface area contributed by atoms with Crippen molar-refractivity contribution in [3.8, 4) is 0 Å². The molecule has 0 bridgehead atoms. The van der Waals surface area contributed by atoms with Crippen molar-refractivity contribution >= 4 is 23.0 Å². The molecule has 2 atom stereocenters. The number of halogens is 1. The zero-order valence-corrected chi connectivity index (χ0v) is 11.7. The number of aryl methyl sites for hydroxylation is 1. The van der Waals surface area contributed by atoms with E-state index >= 15 is 0 Å². The summed E-state index contributed by atoms with van der Waals surface area (Å²) in [5.41, 5.74) is 1.59. The lowest BCUT2D eigenvalue weighted by molar-refractivity contribution is -0.384. The summed E-state index contributed by atoms with van der Waals surface area (Å²) in [6, 6.07) is 3.11. The molecule has 1 aromatic rings. The number of β-amino-alcohol motifs (C(OH)–C–C–N with tert-alkyl or cyclic N) is 1. The van der Waals surface area contributed by atoms with Crippen molar-refractivity contribution in [3.63, 3.8) is 0 Å². The molecule has 0 radical (unpaired) electrons. The van der Waals surface area contributed by atoms with Crippen LogP contribution in [0.4, 0.5) is 11.4 Å². The molecular weight excluding hydrogens is 268 g/mol. The predicted molar refractivity (Wildman–Crippen MR) is 74.8 cm³/mol. The van der Waals surface area contributed by atoms with E-state index in [9.17, 15) is 15.2 Å². The number of aliphatic hydroxyl groups is 1. The predicted octanol–water partition coefficient (Wildman–Crippen LogP) is 2.76. The summed E-state index contributed by atoms with van der Waals surface area (Å²) in [6.07, 6.45) is 0.525. The molecule has 2 unspecified atom stereocenters. The Morgan fingerprint density at radius 3 is 2.79 bits per heavy atom. The van der Waals surface area contributed by atoms with Gasteiger partial charge >= 0.3 is 0 Å². The number of aliphatic hydroxyl groups excluding tert-OH is 1. The number of hydrogen-bond donors (Lipinski definition) is 1. The first-order chi connectivity index (χ1) is 8.90. The average Bonchev–Trinajstić information content (AvgIpc) is 2.35. The Morgan fingerprint density at radius 1 is 1.53 bits per heavy atom. The van der Waals surface area contributed by atoms with E-state index in [1.807, 2.05) is 18.7 Å². The number of benzene rings is 1. The molecule has 1 fully saturated rings. The number of nitrogens with zero attached hydrogens (tertiary/aromatic N) is 2. The second-order valence-corrected chi connectivity index (χ2v) is 5.53. The zero-order valence-electron chi connectivity index (χ0n) is 11.0. The van der Waals surface area contributed by atoms with Crippen molar-refractivity contribution in [1.82, 2.24) is 0 Å². The lowest BCUT2D eigenvalue weighted by Crippen LogP contribution is -2.43. The molecule has 2 rings (SSSR count). The largest absolute Gasteiger partial charge is 0.391 e. The topological polar surface area (TPSA) is 66.6 Å². The van der Waals surface area contributed by atoms with E-state index in [0.29, 0.717) is 6.54 Å². The third kappa shape index (κ3) is 2.82. The van der Waals surface area contributed by atoms with Gasteiger partial charge in [0.25, 0.3) is 5.69 Å². The van der Waals surface area contributed by atoms with Gasteiger partial charge in [0.15, 0.2) is 0 Å². The number of rotatable bonds is 2. The van der Waals surface area contributed by atoms with Crippen LogP contribution in [0.15, 0.2) is 12.1 Å². The van der Waals surface area contributed by atoms with Gasteiger partial charge in [-0.25, -0.2) is 0 Å². The minimum atomic E-state index is -0.480. The van der Waals surface area contributed by atoms with Crippen molar-refractivity contribution in [2.75, 3.05) is 18.0 Å². The van der Waals surface area contributed by atoms with Gasteiger partial charge in [-0.2, -0.15) is 0 Å². The molecule has 5 nitrogen and oxygen atoms in total. The van der Waals surface area contributed by atoms with E-state index in [-0.39, 0.29) is 22.7 Å². The first kappa shape index (κ1) is 14.1. The Hall–Kier alpha value is -1.33. The van der Waals surface area contributed by atoms with Crippen LogP contribution in [-0.2, 0) is 0 Å². The summed E-state index contributed by atoms with van der Waals surface area (Å²) >= 11 is 5.95. The quantitative estimate of drug-likeness (QED) is 0.670. The fourth-order valence-electron chi connectivity index (χ4n) is 2.40. The fourth-order valence-corrected chi connectivity index (χ4v) is 2.63. The Balaban J connectivity index is 2.31. The molecule has 0 aromatic heterocycles. The van der Waals surface area contributed by atoms with Crippen LogP contribution < -0.4 is 4.90 Å². The van der Waals surface area contributed by atoms with E-state index in [1.165, 1.54) is 6.07 Å². The Kier molecular flexibility index (Phi) is 3.96. The number of nitro groups is 1. The van der Waals surface area contributed by atoms with Crippen LogP contribution in [0.1, 0.15) is 18.9 Å². The summed E-state index contributed by atoms with van der Waals surface area (Å²) in [4.78, 5) is 12.4. The van der Waals surface area contributed by atoms with E-state index in [4.69, 9.17) is 11.6 Å². The minimum absolute atomic E-state index is 0.0751. The Bertz CT molecular complexity index is 507. The van der Waals surface area contributed by atoms with Gasteiger partial charge in [0.1, 0.15) is 5.02 Å². The Morgan fingerprint density at radius 2 is 2.21 bits per heavy atom. The van der Waals surface area contributed by atoms with Crippen LogP contribution in [0.3, 0.4) is 0 Å². The van der Waals surface area contributed by atoms with Crippen molar-refractivity contribution in [3.05, 3.63) is 32.8 Å². The number of hydrogen-bond acceptors (Lipinski definition) is 4. The lowest BCUT2D eigenvalue weighted by atomic mass is 9.95. The molecule has 1 aliphatic rings. The van der Waals surface area contributed by atoms with Gasteiger partial charge in [-0.1, -0.05) is 18.5 Å². The van der Waals surface area contributed by atoms with Gasteiger partial charge in [0.2, 0.25) is 0 Å². The number of piperidine rings is 1. The van der Waals surface area contributed by atoms with Crippen molar-refractivity contribution in [1.29, 1.82) is 0 Å². The molecule has 0 spiro atoms. The van der Waals surface area contributed by atoms with Crippen LogP contribution in [0, 0.1) is 23.0 Å². The molecule has 1 N–H and O–H groups in total. The monoisotopic (exact) mass is 284 g/mol. The number of nitro benzene ring substituents is 1.